The van der Waals surface area contributed by atoms with Crippen LogP contribution in [0.1, 0.15) is 30.1 Å². The number of piperidine rings is 1. The van der Waals surface area contributed by atoms with Crippen LogP contribution in [-0.4, -0.2) is 40.0 Å². The first-order valence-corrected chi connectivity index (χ1v) is 7.90. The lowest BCUT2D eigenvalue weighted by Gasteiger charge is -2.37. The van der Waals surface area contributed by atoms with Crippen LogP contribution >= 0.6 is 11.8 Å². The van der Waals surface area contributed by atoms with Crippen molar-refractivity contribution in [1.82, 2.24) is 4.90 Å². The van der Waals surface area contributed by atoms with Gasteiger partial charge in [-0.05, 0) is 55.8 Å². The number of aliphatic carboxylic acids is 1. The Bertz CT molecular complexity index is 589. The third-order valence-corrected chi connectivity index (χ3v) is 4.64. The van der Waals surface area contributed by atoms with Gasteiger partial charge in [0.25, 0.3) is 5.91 Å². The number of carbonyl (C=O) groups excluding carboxylic acids is 1. The Hall–Kier alpha value is -1.70. The molecule has 1 saturated heterocycles. The highest BCUT2D eigenvalue weighted by molar-refractivity contribution is 8.00. The maximum atomic E-state index is 12.5. The fourth-order valence-corrected chi connectivity index (χ4v) is 3.26. The molecule has 0 bridgehead atoms. The van der Waals surface area contributed by atoms with Gasteiger partial charge in [-0.2, -0.15) is 13.2 Å². The van der Waals surface area contributed by atoms with E-state index in [2.05, 4.69) is 0 Å². The summed E-state index contributed by atoms with van der Waals surface area (Å²) in [4.78, 5) is 25.2. The number of hydrogen-bond donors (Lipinski definition) is 1. The van der Waals surface area contributed by atoms with Crippen LogP contribution in [0, 0.1) is 5.92 Å². The number of hydrogen-bond acceptors (Lipinski definition) is 3. The maximum absolute atomic E-state index is 12.5. The SMILES string of the molecule is C[C@@H]1[C@H](C(=O)O)CCCN1C(=O)c1ccc(SC(F)(F)F)cc1. The summed E-state index contributed by atoms with van der Waals surface area (Å²) in [6.07, 6.45) is 1.11. The first kappa shape index (κ1) is 17.7. The third-order valence-electron chi connectivity index (χ3n) is 3.90. The Balaban J connectivity index is 2.12. The summed E-state index contributed by atoms with van der Waals surface area (Å²) < 4.78 is 36.9. The van der Waals surface area contributed by atoms with Gasteiger partial charge in [-0.15, -0.1) is 0 Å². The number of amides is 1. The number of halogens is 3. The minimum atomic E-state index is -4.37. The molecule has 1 aliphatic rings. The average molecular weight is 347 g/mol. The van der Waals surface area contributed by atoms with Crippen LogP contribution < -0.4 is 0 Å². The van der Waals surface area contributed by atoms with Gasteiger partial charge >= 0.3 is 11.5 Å². The Kier molecular flexibility index (Phi) is 5.23. The van der Waals surface area contributed by atoms with Crippen molar-refractivity contribution in [3.8, 4) is 0 Å². The molecule has 1 heterocycles. The molecule has 0 unspecified atom stereocenters. The fourth-order valence-electron chi connectivity index (χ4n) is 2.72. The zero-order chi connectivity index (χ0) is 17.2. The largest absolute Gasteiger partial charge is 0.481 e. The van der Waals surface area contributed by atoms with Gasteiger partial charge in [0.2, 0.25) is 0 Å². The Morgan fingerprint density at radius 1 is 1.26 bits per heavy atom. The van der Waals surface area contributed by atoms with Crippen molar-refractivity contribution in [1.29, 1.82) is 0 Å². The topological polar surface area (TPSA) is 57.6 Å². The molecule has 0 spiro atoms. The number of carbonyl (C=O) groups is 2. The fraction of sp³-hybridized carbons (Fsp3) is 0.467. The number of carboxylic acid groups (broad SMARTS) is 1. The average Bonchev–Trinajstić information content (AvgIpc) is 2.45. The van der Waals surface area contributed by atoms with Crippen LogP contribution in [0.4, 0.5) is 13.2 Å². The van der Waals surface area contributed by atoms with E-state index in [1.165, 1.54) is 29.2 Å². The highest BCUT2D eigenvalue weighted by Gasteiger charge is 2.35. The van der Waals surface area contributed by atoms with Gasteiger partial charge < -0.3 is 10.0 Å². The van der Waals surface area contributed by atoms with Crippen LogP contribution in [0.15, 0.2) is 29.2 Å². The summed E-state index contributed by atoms with van der Waals surface area (Å²) >= 11 is -0.241. The lowest BCUT2D eigenvalue weighted by molar-refractivity contribution is -0.145. The number of nitrogens with zero attached hydrogens (tertiary/aromatic N) is 1. The van der Waals surface area contributed by atoms with E-state index in [4.69, 9.17) is 0 Å². The van der Waals surface area contributed by atoms with Crippen molar-refractivity contribution in [2.24, 2.45) is 5.92 Å². The van der Waals surface area contributed by atoms with E-state index < -0.39 is 23.4 Å². The van der Waals surface area contributed by atoms with Gasteiger partial charge in [-0.1, -0.05) is 0 Å². The van der Waals surface area contributed by atoms with Crippen molar-refractivity contribution in [2.45, 2.75) is 36.2 Å². The van der Waals surface area contributed by atoms with Crippen molar-refractivity contribution >= 4 is 23.6 Å². The quantitative estimate of drug-likeness (QED) is 0.849. The molecule has 1 fully saturated rings. The standard InChI is InChI=1S/C15H16F3NO3S/c1-9-12(14(21)22)3-2-8-19(9)13(20)10-4-6-11(7-5-10)23-15(16,17)18/h4-7,9,12H,2-3,8H2,1H3,(H,21,22)/t9-,12-/m1/s1. The molecule has 0 radical (unpaired) electrons. The highest BCUT2D eigenvalue weighted by Crippen LogP contribution is 2.36. The number of carboxylic acids is 1. The zero-order valence-corrected chi connectivity index (χ0v) is 13.2. The number of rotatable bonds is 3. The lowest BCUT2D eigenvalue weighted by atomic mass is 9.90. The molecule has 1 amide bonds. The van der Waals surface area contributed by atoms with Crippen LogP contribution in [-0.2, 0) is 4.79 Å². The summed E-state index contributed by atoms with van der Waals surface area (Å²) in [6.45, 7) is 2.13. The number of thioether (sulfide) groups is 1. The lowest BCUT2D eigenvalue weighted by Crippen LogP contribution is -2.49. The Morgan fingerprint density at radius 2 is 1.87 bits per heavy atom. The normalized spacial score (nSPS) is 22.0. The molecule has 126 valence electrons. The number of alkyl halides is 3. The second-order valence-corrected chi connectivity index (χ2v) is 6.54. The summed E-state index contributed by atoms with van der Waals surface area (Å²) in [5, 5.41) is 9.18. The first-order valence-electron chi connectivity index (χ1n) is 7.08. The van der Waals surface area contributed by atoms with Crippen LogP contribution in [0.2, 0.25) is 0 Å². The minimum Gasteiger partial charge on any atom is -0.481 e. The second kappa shape index (κ2) is 6.82. The van der Waals surface area contributed by atoms with E-state index in [9.17, 15) is 27.9 Å². The van der Waals surface area contributed by atoms with Crippen LogP contribution in [0.5, 0.6) is 0 Å². The van der Waals surface area contributed by atoms with Crippen molar-refractivity contribution < 1.29 is 27.9 Å². The highest BCUT2D eigenvalue weighted by atomic mass is 32.2. The number of benzene rings is 1. The van der Waals surface area contributed by atoms with E-state index in [-0.39, 0.29) is 28.1 Å². The second-order valence-electron chi connectivity index (χ2n) is 5.40. The van der Waals surface area contributed by atoms with Gasteiger partial charge in [0.1, 0.15) is 0 Å². The van der Waals surface area contributed by atoms with Crippen LogP contribution in [0.25, 0.3) is 0 Å². The summed E-state index contributed by atoms with van der Waals surface area (Å²) in [5.74, 6) is -1.91. The zero-order valence-electron chi connectivity index (χ0n) is 12.3. The maximum Gasteiger partial charge on any atom is 0.446 e. The molecule has 2 rings (SSSR count). The predicted molar refractivity (Wildman–Crippen MR) is 79.2 cm³/mol. The molecule has 1 aromatic carbocycles. The molecule has 1 N–H and O–H groups in total. The Labute approximate surface area is 135 Å². The summed E-state index contributed by atoms with van der Waals surface area (Å²) in [5.41, 5.74) is -4.11. The van der Waals surface area contributed by atoms with Gasteiger partial charge in [0.05, 0.1) is 5.92 Å². The molecule has 0 saturated carbocycles. The molecule has 8 heteroatoms. The molecule has 4 nitrogen and oxygen atoms in total. The molecule has 2 atom stereocenters. The molecule has 0 aromatic heterocycles. The Morgan fingerprint density at radius 3 is 2.39 bits per heavy atom. The van der Waals surface area contributed by atoms with Gasteiger partial charge in [-0.25, -0.2) is 0 Å². The van der Waals surface area contributed by atoms with Crippen molar-refractivity contribution in [3.05, 3.63) is 29.8 Å². The predicted octanol–water partition coefficient (Wildman–Crippen LogP) is 3.62. The van der Waals surface area contributed by atoms with Crippen molar-refractivity contribution in [3.63, 3.8) is 0 Å². The molecular formula is C15H16F3NO3S. The third kappa shape index (κ3) is 4.40. The van der Waals surface area contributed by atoms with Crippen LogP contribution in [0.3, 0.4) is 0 Å². The monoisotopic (exact) mass is 347 g/mol. The van der Waals surface area contributed by atoms with Gasteiger partial charge in [0, 0.05) is 23.0 Å². The van der Waals surface area contributed by atoms with Crippen molar-refractivity contribution in [2.75, 3.05) is 6.54 Å². The molecule has 0 aliphatic carbocycles. The van der Waals surface area contributed by atoms with Gasteiger partial charge in [0.15, 0.2) is 0 Å². The molecule has 23 heavy (non-hydrogen) atoms. The van der Waals surface area contributed by atoms with E-state index in [1.807, 2.05) is 0 Å². The molecule has 1 aliphatic heterocycles. The summed E-state index contributed by atoms with van der Waals surface area (Å²) in [7, 11) is 0. The van der Waals surface area contributed by atoms with Gasteiger partial charge in [-0.3, -0.25) is 9.59 Å². The summed E-state index contributed by atoms with van der Waals surface area (Å²) in [6, 6.07) is 4.72. The van der Waals surface area contributed by atoms with E-state index in [0.717, 1.165) is 0 Å². The number of likely N-dealkylation sites (tertiary alicyclic amines) is 1. The molecular weight excluding hydrogens is 331 g/mol. The van der Waals surface area contributed by atoms with E-state index >= 15 is 0 Å². The van der Waals surface area contributed by atoms with E-state index in [0.29, 0.717) is 19.4 Å². The first-order chi connectivity index (χ1) is 10.7. The smallest absolute Gasteiger partial charge is 0.446 e. The van der Waals surface area contributed by atoms with E-state index in [1.54, 1.807) is 6.92 Å². The minimum absolute atomic E-state index is 0.00385. The molecule has 1 aromatic rings.